The average Bonchev–Trinajstić information content (AvgIpc) is 2.83. The Balaban J connectivity index is 1.87. The molecule has 2 rings (SSSR count). The van der Waals surface area contributed by atoms with Gasteiger partial charge in [-0.05, 0) is 42.2 Å². The Morgan fingerprint density at radius 2 is 2.33 bits per heavy atom. The van der Waals surface area contributed by atoms with Crippen molar-refractivity contribution in [3.63, 3.8) is 0 Å². The van der Waals surface area contributed by atoms with E-state index in [0.29, 0.717) is 0 Å². The van der Waals surface area contributed by atoms with Gasteiger partial charge >= 0.3 is 0 Å². The fourth-order valence-corrected chi connectivity index (χ4v) is 3.44. The van der Waals surface area contributed by atoms with Crippen molar-refractivity contribution in [1.82, 2.24) is 5.32 Å². The van der Waals surface area contributed by atoms with Crippen molar-refractivity contribution >= 4 is 11.3 Å². The van der Waals surface area contributed by atoms with Crippen LogP contribution in [-0.2, 0) is 13.0 Å². The topological polar surface area (TPSA) is 12.0 Å². The van der Waals surface area contributed by atoms with Gasteiger partial charge in [0.25, 0.3) is 0 Å². The number of aryl methyl sites for hydroxylation is 1. The molecule has 2 atom stereocenters. The van der Waals surface area contributed by atoms with Crippen LogP contribution in [0.15, 0.2) is 11.4 Å². The SMILES string of the molecule is CCc1ccsc1CNC1CCCC1C. The molecule has 1 heterocycles. The quantitative estimate of drug-likeness (QED) is 0.822. The summed E-state index contributed by atoms with van der Waals surface area (Å²) >= 11 is 1.90. The summed E-state index contributed by atoms with van der Waals surface area (Å²) in [4.78, 5) is 1.54. The van der Waals surface area contributed by atoms with Crippen LogP contribution in [-0.4, -0.2) is 6.04 Å². The maximum Gasteiger partial charge on any atom is 0.0305 e. The van der Waals surface area contributed by atoms with Gasteiger partial charge in [-0.3, -0.25) is 0 Å². The summed E-state index contributed by atoms with van der Waals surface area (Å²) in [5.74, 6) is 0.870. The van der Waals surface area contributed by atoms with E-state index in [0.717, 1.165) is 18.5 Å². The lowest BCUT2D eigenvalue weighted by Crippen LogP contribution is -2.30. The van der Waals surface area contributed by atoms with Crippen molar-refractivity contribution in [2.45, 2.75) is 52.1 Å². The zero-order valence-corrected chi connectivity index (χ0v) is 10.6. The number of nitrogens with one attached hydrogen (secondary N) is 1. The molecule has 1 aliphatic carbocycles. The van der Waals surface area contributed by atoms with Crippen molar-refractivity contribution in [2.24, 2.45) is 5.92 Å². The molecule has 1 nitrogen and oxygen atoms in total. The van der Waals surface area contributed by atoms with Crippen molar-refractivity contribution < 1.29 is 0 Å². The zero-order chi connectivity index (χ0) is 10.7. The van der Waals surface area contributed by atoms with E-state index in [1.165, 1.54) is 36.1 Å². The van der Waals surface area contributed by atoms with Gasteiger partial charge in [0, 0.05) is 17.5 Å². The Hall–Kier alpha value is -0.340. The Bertz CT molecular complexity index is 305. The van der Waals surface area contributed by atoms with E-state index >= 15 is 0 Å². The van der Waals surface area contributed by atoms with Crippen LogP contribution in [0.4, 0.5) is 0 Å². The van der Waals surface area contributed by atoms with Crippen molar-refractivity contribution in [3.8, 4) is 0 Å². The lowest BCUT2D eigenvalue weighted by Gasteiger charge is -2.17. The van der Waals surface area contributed by atoms with E-state index in [1.54, 1.807) is 0 Å². The molecule has 1 fully saturated rings. The third kappa shape index (κ3) is 2.61. The van der Waals surface area contributed by atoms with Crippen LogP contribution in [0.25, 0.3) is 0 Å². The highest BCUT2D eigenvalue weighted by Gasteiger charge is 2.22. The van der Waals surface area contributed by atoms with Crippen LogP contribution < -0.4 is 5.32 Å². The summed E-state index contributed by atoms with van der Waals surface area (Å²) in [5.41, 5.74) is 1.53. The van der Waals surface area contributed by atoms with Crippen LogP contribution in [0, 0.1) is 5.92 Å². The second-order valence-electron chi connectivity index (χ2n) is 4.62. The van der Waals surface area contributed by atoms with Crippen LogP contribution in [0.3, 0.4) is 0 Å². The smallest absolute Gasteiger partial charge is 0.0305 e. The van der Waals surface area contributed by atoms with E-state index in [-0.39, 0.29) is 0 Å². The van der Waals surface area contributed by atoms with Gasteiger partial charge in [0.2, 0.25) is 0 Å². The van der Waals surface area contributed by atoms with Gasteiger partial charge in [-0.15, -0.1) is 11.3 Å². The third-order valence-corrected chi connectivity index (χ3v) is 4.57. The lowest BCUT2D eigenvalue weighted by atomic mass is 10.1. The fourth-order valence-electron chi connectivity index (χ4n) is 2.51. The summed E-state index contributed by atoms with van der Waals surface area (Å²) in [6.45, 7) is 5.69. The second-order valence-corrected chi connectivity index (χ2v) is 5.62. The predicted molar refractivity (Wildman–Crippen MR) is 67.3 cm³/mol. The number of hydrogen-bond acceptors (Lipinski definition) is 2. The molecule has 0 saturated heterocycles. The van der Waals surface area contributed by atoms with Gasteiger partial charge < -0.3 is 5.32 Å². The summed E-state index contributed by atoms with van der Waals surface area (Å²) in [7, 11) is 0. The molecule has 84 valence electrons. The number of thiophene rings is 1. The van der Waals surface area contributed by atoms with Gasteiger partial charge in [0.05, 0.1) is 0 Å². The van der Waals surface area contributed by atoms with E-state index in [9.17, 15) is 0 Å². The maximum absolute atomic E-state index is 3.72. The van der Waals surface area contributed by atoms with Crippen molar-refractivity contribution in [1.29, 1.82) is 0 Å². The molecule has 0 radical (unpaired) electrons. The molecule has 1 aromatic rings. The van der Waals surface area contributed by atoms with Gasteiger partial charge in [-0.25, -0.2) is 0 Å². The molecule has 1 aliphatic rings. The first-order chi connectivity index (χ1) is 7.31. The summed E-state index contributed by atoms with van der Waals surface area (Å²) < 4.78 is 0. The third-order valence-electron chi connectivity index (χ3n) is 3.60. The number of hydrogen-bond donors (Lipinski definition) is 1. The molecular weight excluding hydrogens is 202 g/mol. The molecule has 15 heavy (non-hydrogen) atoms. The van der Waals surface area contributed by atoms with E-state index in [1.807, 2.05) is 11.3 Å². The van der Waals surface area contributed by atoms with Crippen LogP contribution in [0.1, 0.15) is 43.6 Å². The summed E-state index contributed by atoms with van der Waals surface area (Å²) in [5, 5.41) is 5.94. The molecule has 1 N–H and O–H groups in total. The lowest BCUT2D eigenvalue weighted by molar-refractivity contribution is 0.427. The fraction of sp³-hybridized carbons (Fsp3) is 0.692. The molecule has 2 unspecified atom stereocenters. The van der Waals surface area contributed by atoms with Crippen molar-refractivity contribution in [3.05, 3.63) is 21.9 Å². The molecular formula is C13H21NS. The van der Waals surface area contributed by atoms with Crippen LogP contribution in [0.5, 0.6) is 0 Å². The normalized spacial score (nSPS) is 26.0. The van der Waals surface area contributed by atoms with Crippen LogP contribution >= 0.6 is 11.3 Å². The van der Waals surface area contributed by atoms with Crippen LogP contribution in [0.2, 0.25) is 0 Å². The van der Waals surface area contributed by atoms with Gasteiger partial charge in [-0.1, -0.05) is 20.3 Å². The molecule has 1 saturated carbocycles. The largest absolute Gasteiger partial charge is 0.309 e. The minimum absolute atomic E-state index is 0.761. The first kappa shape index (κ1) is 11.2. The van der Waals surface area contributed by atoms with E-state index in [4.69, 9.17) is 0 Å². The maximum atomic E-state index is 3.72. The standard InChI is InChI=1S/C13H21NS/c1-3-11-7-8-15-13(11)9-14-12-6-4-5-10(12)2/h7-8,10,12,14H,3-6,9H2,1-2H3. The molecule has 0 aromatic carbocycles. The highest BCUT2D eigenvalue weighted by atomic mass is 32.1. The van der Waals surface area contributed by atoms with Crippen molar-refractivity contribution in [2.75, 3.05) is 0 Å². The summed E-state index contributed by atoms with van der Waals surface area (Å²) in [6.07, 6.45) is 5.35. The monoisotopic (exact) mass is 223 g/mol. The van der Waals surface area contributed by atoms with Gasteiger partial charge in [-0.2, -0.15) is 0 Å². The first-order valence-electron chi connectivity index (χ1n) is 6.10. The predicted octanol–water partition coefficient (Wildman–Crippen LogP) is 3.59. The minimum Gasteiger partial charge on any atom is -0.309 e. The first-order valence-corrected chi connectivity index (χ1v) is 6.98. The molecule has 1 aromatic heterocycles. The number of rotatable bonds is 4. The Morgan fingerprint density at radius 3 is 3.00 bits per heavy atom. The second kappa shape index (κ2) is 5.13. The molecule has 2 heteroatoms. The minimum atomic E-state index is 0.761. The zero-order valence-electron chi connectivity index (χ0n) is 9.75. The molecule has 0 spiro atoms. The average molecular weight is 223 g/mol. The molecule has 0 aliphatic heterocycles. The summed E-state index contributed by atoms with van der Waals surface area (Å²) in [6, 6.07) is 3.02. The Morgan fingerprint density at radius 1 is 1.47 bits per heavy atom. The Labute approximate surface area is 96.9 Å². The molecule has 0 amide bonds. The van der Waals surface area contributed by atoms with Gasteiger partial charge in [0.1, 0.15) is 0 Å². The van der Waals surface area contributed by atoms with E-state index in [2.05, 4.69) is 30.6 Å². The van der Waals surface area contributed by atoms with Gasteiger partial charge in [0.15, 0.2) is 0 Å². The molecule has 0 bridgehead atoms. The Kier molecular flexibility index (Phi) is 3.81. The highest BCUT2D eigenvalue weighted by molar-refractivity contribution is 7.10. The highest BCUT2D eigenvalue weighted by Crippen LogP contribution is 2.26. The van der Waals surface area contributed by atoms with E-state index < -0.39 is 0 Å².